The average molecular weight is 402 g/mol. The first-order chi connectivity index (χ1) is 12.6. The van der Waals surface area contributed by atoms with Crippen LogP contribution in [0.1, 0.15) is 52.2 Å². The van der Waals surface area contributed by atoms with E-state index in [9.17, 15) is 0 Å². The summed E-state index contributed by atoms with van der Waals surface area (Å²) >= 11 is 3.92. The number of thioether (sulfide) groups is 2. The maximum absolute atomic E-state index is 2.65. The van der Waals surface area contributed by atoms with E-state index in [1.54, 1.807) is 0 Å². The molecule has 2 aromatic carbocycles. The summed E-state index contributed by atoms with van der Waals surface area (Å²) in [6, 6.07) is 17.4. The third-order valence-electron chi connectivity index (χ3n) is 4.76. The maximum atomic E-state index is 2.65. The molecule has 1 nitrogen and oxygen atoms in total. The molecule has 0 N–H and O–H groups in total. The van der Waals surface area contributed by atoms with Crippen molar-refractivity contribution in [2.45, 2.75) is 70.2 Å². The first kappa shape index (κ1) is 22.4. The molecule has 0 radical (unpaired) electrons. The minimum Gasteiger partial charge on any atom is -0.279 e. The van der Waals surface area contributed by atoms with E-state index >= 15 is 0 Å². The molecule has 2 aromatic rings. The van der Waals surface area contributed by atoms with E-state index < -0.39 is 0 Å². The van der Waals surface area contributed by atoms with E-state index in [-0.39, 0.29) is 5.54 Å². The third-order valence-corrected chi connectivity index (χ3v) is 7.18. The molecule has 0 aromatic heterocycles. The van der Waals surface area contributed by atoms with E-state index in [0.717, 1.165) is 11.8 Å². The Hall–Kier alpha value is -0.900. The fraction of sp³-hybridized carbons (Fsp3) is 0.500. The van der Waals surface area contributed by atoms with Crippen LogP contribution in [0.15, 0.2) is 58.3 Å². The van der Waals surface area contributed by atoms with Gasteiger partial charge in [0.25, 0.3) is 0 Å². The number of nitrogens with zero attached hydrogens (tertiary/aromatic N) is 1. The summed E-state index contributed by atoms with van der Waals surface area (Å²) in [6.07, 6.45) is 1.17. The first-order valence-electron chi connectivity index (χ1n) is 9.70. The summed E-state index contributed by atoms with van der Waals surface area (Å²) in [6.45, 7) is 16.2. The van der Waals surface area contributed by atoms with Crippen molar-refractivity contribution < 1.29 is 0 Å². The topological polar surface area (TPSA) is 3.24 Å². The zero-order valence-electron chi connectivity index (χ0n) is 18.0. The molecule has 0 saturated heterocycles. The standard InChI is InChI=1S/C24H35NS2/c1-19-12-8-10-14-21(19)26-17-25(24(6,7)16-23(3,4)5)18-27-22-15-11-9-13-20(22)2/h8-15H,16-18H2,1-7H3. The van der Waals surface area contributed by atoms with E-state index in [4.69, 9.17) is 0 Å². The molecule has 148 valence electrons. The number of aryl methyl sites for hydroxylation is 2. The van der Waals surface area contributed by atoms with E-state index in [2.05, 4.69) is 102 Å². The SMILES string of the molecule is Cc1ccccc1SCN(CSc1ccccc1C)C(C)(C)CC(C)(C)C. The minimum absolute atomic E-state index is 0.142. The van der Waals surface area contributed by atoms with Crippen molar-refractivity contribution in [1.82, 2.24) is 4.90 Å². The highest BCUT2D eigenvalue weighted by Crippen LogP contribution is 2.36. The van der Waals surface area contributed by atoms with Crippen LogP contribution >= 0.6 is 23.5 Å². The molecule has 0 unspecified atom stereocenters. The lowest BCUT2D eigenvalue weighted by atomic mass is 9.81. The molecular formula is C24H35NS2. The van der Waals surface area contributed by atoms with E-state index in [1.165, 1.54) is 27.3 Å². The van der Waals surface area contributed by atoms with Crippen LogP contribution < -0.4 is 0 Å². The Labute approximate surface area is 175 Å². The molecule has 0 atom stereocenters. The van der Waals surface area contributed by atoms with Crippen molar-refractivity contribution in [2.75, 3.05) is 11.8 Å². The minimum atomic E-state index is 0.142. The number of hydrogen-bond acceptors (Lipinski definition) is 3. The maximum Gasteiger partial charge on any atom is 0.0505 e. The predicted molar refractivity (Wildman–Crippen MR) is 124 cm³/mol. The molecule has 0 saturated carbocycles. The highest BCUT2D eigenvalue weighted by atomic mass is 32.2. The Morgan fingerprint density at radius 2 is 1.11 bits per heavy atom. The Kier molecular flexibility index (Phi) is 7.91. The van der Waals surface area contributed by atoms with E-state index in [1.807, 2.05) is 23.5 Å². The molecule has 0 heterocycles. The number of hydrogen-bond donors (Lipinski definition) is 0. The van der Waals surface area contributed by atoms with E-state index in [0.29, 0.717) is 5.41 Å². The van der Waals surface area contributed by atoms with Crippen LogP contribution in [0.25, 0.3) is 0 Å². The van der Waals surface area contributed by atoms with Crippen LogP contribution in [0.4, 0.5) is 0 Å². The van der Waals surface area contributed by atoms with Gasteiger partial charge in [0, 0.05) is 15.3 Å². The summed E-state index contributed by atoms with van der Waals surface area (Å²) in [5.41, 5.74) is 3.18. The second-order valence-electron chi connectivity index (χ2n) is 9.17. The molecule has 0 aliphatic rings. The fourth-order valence-electron chi connectivity index (χ4n) is 3.53. The summed E-state index contributed by atoms with van der Waals surface area (Å²) in [7, 11) is 0. The molecule has 0 aliphatic heterocycles. The summed E-state index contributed by atoms with van der Waals surface area (Å²) in [5.74, 6) is 2.01. The third kappa shape index (κ3) is 7.21. The molecule has 0 bridgehead atoms. The van der Waals surface area contributed by atoms with Gasteiger partial charge in [0.15, 0.2) is 0 Å². The summed E-state index contributed by atoms with van der Waals surface area (Å²) in [4.78, 5) is 5.41. The van der Waals surface area contributed by atoms with Crippen LogP contribution in [0.2, 0.25) is 0 Å². The molecule has 0 spiro atoms. The summed E-state index contributed by atoms with van der Waals surface area (Å²) < 4.78 is 0. The van der Waals surface area contributed by atoms with Gasteiger partial charge in [-0.05, 0) is 62.8 Å². The smallest absolute Gasteiger partial charge is 0.0505 e. The lowest BCUT2D eigenvalue weighted by Crippen LogP contribution is -2.45. The quantitative estimate of drug-likeness (QED) is 0.331. The van der Waals surface area contributed by atoms with Crippen molar-refractivity contribution in [3.8, 4) is 0 Å². The largest absolute Gasteiger partial charge is 0.279 e. The van der Waals surface area contributed by atoms with Crippen LogP contribution in [0, 0.1) is 19.3 Å². The zero-order valence-corrected chi connectivity index (χ0v) is 19.6. The Balaban J connectivity index is 2.14. The van der Waals surface area contributed by atoms with Gasteiger partial charge in [-0.1, -0.05) is 57.2 Å². The molecule has 0 fully saturated rings. The second-order valence-corrected chi connectivity index (χ2v) is 11.1. The Bertz CT molecular complexity index is 682. The zero-order chi connectivity index (χ0) is 20.1. The molecule has 0 amide bonds. The van der Waals surface area contributed by atoms with Crippen molar-refractivity contribution in [3.63, 3.8) is 0 Å². The van der Waals surface area contributed by atoms with Gasteiger partial charge in [-0.15, -0.1) is 23.5 Å². The lowest BCUT2D eigenvalue weighted by Gasteiger charge is -2.42. The molecule has 2 rings (SSSR count). The number of rotatable bonds is 8. The molecular weight excluding hydrogens is 366 g/mol. The molecule has 0 aliphatic carbocycles. The fourth-order valence-corrected chi connectivity index (χ4v) is 6.06. The van der Waals surface area contributed by atoms with Gasteiger partial charge in [-0.2, -0.15) is 0 Å². The van der Waals surface area contributed by atoms with Crippen molar-refractivity contribution in [2.24, 2.45) is 5.41 Å². The van der Waals surface area contributed by atoms with Gasteiger partial charge in [-0.3, -0.25) is 4.90 Å². The van der Waals surface area contributed by atoms with Gasteiger partial charge < -0.3 is 0 Å². The van der Waals surface area contributed by atoms with Crippen molar-refractivity contribution in [1.29, 1.82) is 0 Å². The van der Waals surface area contributed by atoms with Crippen LogP contribution in [-0.4, -0.2) is 22.2 Å². The highest BCUT2D eigenvalue weighted by molar-refractivity contribution is 8.00. The van der Waals surface area contributed by atoms with Crippen LogP contribution in [-0.2, 0) is 0 Å². The lowest BCUT2D eigenvalue weighted by molar-refractivity contribution is 0.117. The van der Waals surface area contributed by atoms with Gasteiger partial charge in [0.05, 0.1) is 11.8 Å². The average Bonchev–Trinajstić information content (AvgIpc) is 2.55. The van der Waals surface area contributed by atoms with Crippen molar-refractivity contribution >= 4 is 23.5 Å². The Morgan fingerprint density at radius 1 is 0.704 bits per heavy atom. The number of benzene rings is 2. The van der Waals surface area contributed by atoms with Crippen LogP contribution in [0.5, 0.6) is 0 Å². The normalized spacial score (nSPS) is 12.6. The Morgan fingerprint density at radius 3 is 1.48 bits per heavy atom. The van der Waals surface area contributed by atoms with Gasteiger partial charge in [0.1, 0.15) is 0 Å². The summed E-state index contributed by atoms with van der Waals surface area (Å²) in [5, 5.41) is 0. The van der Waals surface area contributed by atoms with Gasteiger partial charge >= 0.3 is 0 Å². The van der Waals surface area contributed by atoms with Crippen LogP contribution in [0.3, 0.4) is 0 Å². The second kappa shape index (κ2) is 9.54. The predicted octanol–water partition coefficient (Wildman–Crippen LogP) is 7.62. The highest BCUT2D eigenvalue weighted by Gasteiger charge is 2.31. The molecule has 3 heteroatoms. The monoisotopic (exact) mass is 401 g/mol. The molecule has 27 heavy (non-hydrogen) atoms. The van der Waals surface area contributed by atoms with Crippen molar-refractivity contribution in [3.05, 3.63) is 59.7 Å². The van der Waals surface area contributed by atoms with Gasteiger partial charge in [-0.25, -0.2) is 0 Å². The first-order valence-corrected chi connectivity index (χ1v) is 11.7. The van der Waals surface area contributed by atoms with Gasteiger partial charge in [0.2, 0.25) is 0 Å².